The number of carboxylic acid groups (broad SMARTS) is 2. The van der Waals surface area contributed by atoms with Crippen LogP contribution in [0.4, 0.5) is 26.3 Å². The van der Waals surface area contributed by atoms with Crippen molar-refractivity contribution < 1.29 is 50.7 Å². The van der Waals surface area contributed by atoms with E-state index in [0.717, 1.165) is 43.3 Å². The zero-order chi connectivity index (χ0) is 28.7. The molecule has 1 spiro atoms. The van der Waals surface area contributed by atoms with E-state index in [1.54, 1.807) is 0 Å². The lowest BCUT2D eigenvalue weighted by Gasteiger charge is -2.45. The summed E-state index contributed by atoms with van der Waals surface area (Å²) in [5, 5.41) is 24.6. The summed E-state index contributed by atoms with van der Waals surface area (Å²) in [6.45, 7) is 9.50. The van der Waals surface area contributed by atoms with Gasteiger partial charge < -0.3 is 14.7 Å². The number of aryl methyl sites for hydroxylation is 2. The number of nitrogens with zero attached hydrogens (tertiary/aromatic N) is 5. The molecule has 0 radical (unpaired) electrons. The third kappa shape index (κ3) is 8.90. The van der Waals surface area contributed by atoms with Crippen LogP contribution in [0.15, 0.2) is 9.90 Å². The van der Waals surface area contributed by atoms with E-state index < -0.39 is 24.3 Å². The van der Waals surface area contributed by atoms with Gasteiger partial charge in [0.2, 0.25) is 0 Å². The summed E-state index contributed by atoms with van der Waals surface area (Å²) in [5.74, 6) is -4.54. The van der Waals surface area contributed by atoms with Crippen molar-refractivity contribution in [3.63, 3.8) is 0 Å². The predicted molar refractivity (Wildman–Crippen MR) is 120 cm³/mol. The van der Waals surface area contributed by atoms with Crippen molar-refractivity contribution in [1.82, 2.24) is 24.5 Å². The summed E-state index contributed by atoms with van der Waals surface area (Å²) in [7, 11) is 0. The number of alkyl halides is 6. The molecule has 0 unspecified atom stereocenters. The van der Waals surface area contributed by atoms with E-state index in [-0.39, 0.29) is 0 Å². The smallest absolute Gasteiger partial charge is 0.475 e. The van der Waals surface area contributed by atoms with Crippen LogP contribution in [0.25, 0.3) is 0 Å². The van der Waals surface area contributed by atoms with E-state index in [4.69, 9.17) is 24.3 Å². The molecule has 4 rings (SSSR count). The number of hydrogen-bond acceptors (Lipinski definition) is 9. The van der Waals surface area contributed by atoms with Crippen molar-refractivity contribution in [2.75, 3.05) is 19.6 Å². The number of carbonyl (C=O) groups is 2. The highest BCUT2D eigenvalue weighted by Gasteiger charge is 2.43. The third-order valence-electron chi connectivity index (χ3n) is 6.33. The van der Waals surface area contributed by atoms with Gasteiger partial charge in [0.25, 0.3) is 0 Å². The van der Waals surface area contributed by atoms with Crippen molar-refractivity contribution >= 4 is 23.5 Å². The largest absolute Gasteiger partial charge is 0.490 e. The molecule has 214 valence electrons. The van der Waals surface area contributed by atoms with E-state index in [2.05, 4.69) is 36.8 Å². The van der Waals surface area contributed by atoms with Crippen LogP contribution in [0.2, 0.25) is 0 Å². The molecular weight excluding hydrogens is 548 g/mol. The van der Waals surface area contributed by atoms with Gasteiger partial charge in [0, 0.05) is 42.7 Å². The molecule has 17 heteroatoms. The molecule has 0 amide bonds. The topological polar surface area (TPSA) is 133 Å². The highest BCUT2D eigenvalue weighted by Crippen LogP contribution is 2.40. The van der Waals surface area contributed by atoms with Crippen molar-refractivity contribution in [3.8, 4) is 0 Å². The van der Waals surface area contributed by atoms with Crippen LogP contribution in [0.3, 0.4) is 0 Å². The predicted octanol–water partition coefficient (Wildman–Crippen LogP) is 4.04. The monoisotopic (exact) mass is 575 g/mol. The lowest BCUT2D eigenvalue weighted by atomic mass is 9.84. The fraction of sp³-hybridized carbons (Fsp3) is 0.667. The van der Waals surface area contributed by atoms with Crippen LogP contribution in [-0.4, -0.2) is 84.2 Å². The molecule has 0 aromatic carbocycles. The van der Waals surface area contributed by atoms with Gasteiger partial charge in [-0.05, 0) is 57.6 Å². The van der Waals surface area contributed by atoms with Crippen molar-refractivity contribution in [3.05, 3.63) is 28.1 Å². The Bertz CT molecular complexity index is 1010. The fourth-order valence-corrected chi connectivity index (χ4v) is 4.78. The van der Waals surface area contributed by atoms with Crippen LogP contribution < -0.4 is 0 Å². The first-order valence-corrected chi connectivity index (χ1v) is 12.1. The quantitative estimate of drug-likeness (QED) is 0.515. The number of hydrogen-bond donors (Lipinski definition) is 2. The Morgan fingerprint density at radius 2 is 1.55 bits per heavy atom. The van der Waals surface area contributed by atoms with Gasteiger partial charge in [-0.15, -0.1) is 5.10 Å². The zero-order valence-corrected chi connectivity index (χ0v) is 21.3. The van der Waals surface area contributed by atoms with E-state index in [1.165, 1.54) is 49.3 Å². The Hall–Kier alpha value is -2.79. The van der Waals surface area contributed by atoms with E-state index in [0.29, 0.717) is 5.54 Å². The summed E-state index contributed by atoms with van der Waals surface area (Å²) >= 11 is 1.44. The Labute approximate surface area is 217 Å². The summed E-state index contributed by atoms with van der Waals surface area (Å²) < 4.78 is 72.8. The first kappa shape index (κ1) is 31.4. The molecule has 2 aromatic rings. The van der Waals surface area contributed by atoms with Gasteiger partial charge in [0.05, 0.1) is 11.4 Å². The third-order valence-corrected chi connectivity index (χ3v) is 6.89. The standard InChI is InChI=1S/C17H25N5OS.2C2HF3O2/c1-13-16(14(2)23-19-13)11-22-7-3-4-17(22)5-8-21(9-6-17)10-15-12-24-20-18-15;2*3-2(4,5)1(6)7/h12H,3-11H2,1-2H3;2*(H,6,7). The summed E-state index contributed by atoms with van der Waals surface area (Å²) in [5.41, 5.74) is 3.80. The Balaban J connectivity index is 0.000000301. The molecule has 2 N–H and O–H groups in total. The van der Waals surface area contributed by atoms with E-state index in [9.17, 15) is 26.3 Å². The minimum absolute atomic E-state index is 0.368. The Morgan fingerprint density at radius 3 is 1.97 bits per heavy atom. The second kappa shape index (κ2) is 12.8. The van der Waals surface area contributed by atoms with Crippen molar-refractivity contribution in [1.29, 1.82) is 0 Å². The van der Waals surface area contributed by atoms with Crippen LogP contribution in [0.5, 0.6) is 0 Å². The van der Waals surface area contributed by atoms with Gasteiger partial charge in [0.15, 0.2) is 0 Å². The van der Waals surface area contributed by atoms with E-state index in [1.807, 2.05) is 6.92 Å². The maximum Gasteiger partial charge on any atom is 0.490 e. The number of likely N-dealkylation sites (tertiary alicyclic amines) is 2. The van der Waals surface area contributed by atoms with Gasteiger partial charge >= 0.3 is 24.3 Å². The number of rotatable bonds is 4. The molecule has 2 fully saturated rings. The van der Waals surface area contributed by atoms with Crippen LogP contribution in [0, 0.1) is 13.8 Å². The number of carboxylic acids is 2. The maximum atomic E-state index is 10.6. The van der Waals surface area contributed by atoms with Gasteiger partial charge in [-0.25, -0.2) is 9.59 Å². The van der Waals surface area contributed by atoms with Gasteiger partial charge in [-0.1, -0.05) is 9.64 Å². The molecule has 2 saturated heterocycles. The maximum absolute atomic E-state index is 10.6. The van der Waals surface area contributed by atoms with Crippen molar-refractivity contribution in [2.24, 2.45) is 0 Å². The molecule has 0 aliphatic carbocycles. The van der Waals surface area contributed by atoms with Crippen LogP contribution in [-0.2, 0) is 22.7 Å². The number of piperidine rings is 1. The summed E-state index contributed by atoms with van der Waals surface area (Å²) in [6.07, 6.45) is -5.05. The first-order valence-electron chi connectivity index (χ1n) is 11.3. The molecule has 4 heterocycles. The Morgan fingerprint density at radius 1 is 1.00 bits per heavy atom. The van der Waals surface area contributed by atoms with Crippen LogP contribution >= 0.6 is 11.5 Å². The Kier molecular flexibility index (Phi) is 10.6. The zero-order valence-electron chi connectivity index (χ0n) is 20.5. The minimum atomic E-state index is -5.08. The molecular formula is C21H27F6N5O5S. The lowest BCUT2D eigenvalue weighted by molar-refractivity contribution is -0.193. The first-order chi connectivity index (χ1) is 17.5. The number of aromatic nitrogens is 3. The average Bonchev–Trinajstić information content (AvgIpc) is 3.54. The lowest BCUT2D eigenvalue weighted by Crippen LogP contribution is -2.51. The molecule has 0 bridgehead atoms. The van der Waals surface area contributed by atoms with Gasteiger partial charge in [-0.2, -0.15) is 26.3 Å². The van der Waals surface area contributed by atoms with Gasteiger partial charge in [-0.3, -0.25) is 9.80 Å². The van der Waals surface area contributed by atoms with E-state index >= 15 is 0 Å². The molecule has 2 aliphatic heterocycles. The fourth-order valence-electron chi connectivity index (χ4n) is 4.34. The molecule has 0 atom stereocenters. The number of halogens is 6. The second-order valence-electron chi connectivity index (χ2n) is 8.83. The molecule has 10 nitrogen and oxygen atoms in total. The van der Waals surface area contributed by atoms with Gasteiger partial charge in [0.1, 0.15) is 5.76 Å². The SMILES string of the molecule is Cc1noc(C)c1CN1CCCC12CCN(Cc1csnn1)CC2.O=C(O)C(F)(F)F.O=C(O)C(F)(F)F. The molecule has 2 aliphatic rings. The van der Waals surface area contributed by atoms with Crippen molar-refractivity contribution in [2.45, 2.75) is 70.5 Å². The van der Waals surface area contributed by atoms with Crippen LogP contribution in [0.1, 0.15) is 48.4 Å². The molecule has 38 heavy (non-hydrogen) atoms. The molecule has 0 saturated carbocycles. The highest BCUT2D eigenvalue weighted by atomic mass is 32.1. The number of aliphatic carboxylic acids is 2. The summed E-state index contributed by atoms with van der Waals surface area (Å²) in [6, 6.07) is 0. The second-order valence-corrected chi connectivity index (χ2v) is 9.44. The molecule has 2 aromatic heterocycles. The average molecular weight is 576 g/mol. The minimum Gasteiger partial charge on any atom is -0.475 e. The highest BCUT2D eigenvalue weighted by molar-refractivity contribution is 7.03. The normalized spacial score (nSPS) is 17.9. The summed E-state index contributed by atoms with van der Waals surface area (Å²) in [4.78, 5) is 23.0.